The molecule has 0 saturated carbocycles. The second kappa shape index (κ2) is 5.70. The van der Waals surface area contributed by atoms with Gasteiger partial charge in [0.25, 0.3) is 0 Å². The standard InChI is InChI=1S/C15H19FO3/c1-9-4-5-14(16)13(6-9)15(17)19-12-7-10(2)18-11(3)8-12/h4-6,10-12H,7-8H2,1-3H3. The lowest BCUT2D eigenvalue weighted by Crippen LogP contribution is -2.35. The molecule has 1 saturated heterocycles. The number of hydrogen-bond acceptors (Lipinski definition) is 3. The van der Waals surface area contributed by atoms with Crippen LogP contribution in [0.3, 0.4) is 0 Å². The van der Waals surface area contributed by atoms with E-state index in [2.05, 4.69) is 0 Å². The number of aryl methyl sites for hydroxylation is 1. The maximum absolute atomic E-state index is 13.6. The summed E-state index contributed by atoms with van der Waals surface area (Å²) in [6.07, 6.45) is 1.23. The highest BCUT2D eigenvalue weighted by atomic mass is 19.1. The number of rotatable bonds is 2. The summed E-state index contributed by atoms with van der Waals surface area (Å²) in [5, 5.41) is 0. The molecule has 0 amide bonds. The van der Waals surface area contributed by atoms with E-state index in [4.69, 9.17) is 9.47 Å². The second-order valence-electron chi connectivity index (χ2n) is 5.24. The third-order valence-corrected chi connectivity index (χ3v) is 3.27. The number of benzene rings is 1. The van der Waals surface area contributed by atoms with Gasteiger partial charge in [0.1, 0.15) is 11.9 Å². The van der Waals surface area contributed by atoms with E-state index >= 15 is 0 Å². The Labute approximate surface area is 112 Å². The van der Waals surface area contributed by atoms with Gasteiger partial charge in [-0.25, -0.2) is 9.18 Å². The Morgan fingerprint density at radius 3 is 2.58 bits per heavy atom. The van der Waals surface area contributed by atoms with Crippen LogP contribution in [0.4, 0.5) is 4.39 Å². The quantitative estimate of drug-likeness (QED) is 0.771. The number of carbonyl (C=O) groups excluding carboxylic acids is 1. The lowest BCUT2D eigenvalue weighted by molar-refractivity contribution is -0.0856. The van der Waals surface area contributed by atoms with Gasteiger partial charge in [-0.2, -0.15) is 0 Å². The number of esters is 1. The minimum absolute atomic E-state index is 0.00629. The van der Waals surface area contributed by atoms with Crippen LogP contribution in [0.25, 0.3) is 0 Å². The molecule has 1 aromatic rings. The van der Waals surface area contributed by atoms with E-state index in [1.54, 1.807) is 6.07 Å². The maximum atomic E-state index is 13.6. The molecule has 0 aliphatic carbocycles. The first-order chi connectivity index (χ1) is 8.95. The Morgan fingerprint density at radius 2 is 1.95 bits per heavy atom. The summed E-state index contributed by atoms with van der Waals surface area (Å²) in [5.41, 5.74) is 0.842. The number of carbonyl (C=O) groups is 1. The maximum Gasteiger partial charge on any atom is 0.341 e. The largest absolute Gasteiger partial charge is 0.459 e. The highest BCUT2D eigenvalue weighted by Crippen LogP contribution is 2.23. The average Bonchev–Trinajstić information content (AvgIpc) is 2.30. The third-order valence-electron chi connectivity index (χ3n) is 3.27. The average molecular weight is 266 g/mol. The molecule has 0 aromatic heterocycles. The van der Waals surface area contributed by atoms with Gasteiger partial charge in [-0.1, -0.05) is 11.6 Å². The first-order valence-electron chi connectivity index (χ1n) is 6.58. The van der Waals surface area contributed by atoms with Crippen LogP contribution in [0.2, 0.25) is 0 Å². The van der Waals surface area contributed by atoms with Crippen molar-refractivity contribution in [1.29, 1.82) is 0 Å². The van der Waals surface area contributed by atoms with E-state index in [0.717, 1.165) is 5.56 Å². The van der Waals surface area contributed by atoms with Gasteiger partial charge >= 0.3 is 5.97 Å². The minimum atomic E-state index is -0.590. The van der Waals surface area contributed by atoms with Crippen molar-refractivity contribution < 1.29 is 18.7 Å². The molecule has 1 heterocycles. The second-order valence-corrected chi connectivity index (χ2v) is 5.24. The Bertz CT molecular complexity index is 462. The van der Waals surface area contributed by atoms with Crippen molar-refractivity contribution in [3.63, 3.8) is 0 Å². The molecule has 1 fully saturated rings. The van der Waals surface area contributed by atoms with Gasteiger partial charge < -0.3 is 9.47 Å². The fourth-order valence-corrected chi connectivity index (χ4v) is 2.45. The van der Waals surface area contributed by atoms with Crippen LogP contribution in [0.1, 0.15) is 42.6 Å². The molecule has 1 aliphatic rings. The van der Waals surface area contributed by atoms with Crippen molar-refractivity contribution in [2.24, 2.45) is 0 Å². The molecule has 4 heteroatoms. The monoisotopic (exact) mass is 266 g/mol. The molecule has 104 valence electrons. The molecule has 2 atom stereocenters. The van der Waals surface area contributed by atoms with E-state index in [0.29, 0.717) is 12.8 Å². The van der Waals surface area contributed by atoms with Gasteiger partial charge in [-0.15, -0.1) is 0 Å². The summed E-state index contributed by atoms with van der Waals surface area (Å²) in [7, 11) is 0. The molecule has 0 bridgehead atoms. The highest BCUT2D eigenvalue weighted by molar-refractivity contribution is 5.90. The van der Waals surface area contributed by atoms with E-state index in [9.17, 15) is 9.18 Å². The van der Waals surface area contributed by atoms with Crippen molar-refractivity contribution in [3.05, 3.63) is 35.1 Å². The summed E-state index contributed by atoms with van der Waals surface area (Å²) < 4.78 is 24.6. The lowest BCUT2D eigenvalue weighted by atomic mass is 10.0. The van der Waals surface area contributed by atoms with Crippen LogP contribution in [0.5, 0.6) is 0 Å². The summed E-state index contributed by atoms with van der Waals surface area (Å²) >= 11 is 0. The molecule has 2 rings (SSSR count). The smallest absolute Gasteiger partial charge is 0.341 e. The SMILES string of the molecule is Cc1ccc(F)c(C(=O)OC2CC(C)OC(C)C2)c1. The zero-order valence-electron chi connectivity index (χ0n) is 11.5. The molecule has 19 heavy (non-hydrogen) atoms. The topological polar surface area (TPSA) is 35.5 Å². The molecule has 0 spiro atoms. The molecular weight excluding hydrogens is 247 g/mol. The van der Waals surface area contributed by atoms with Crippen molar-refractivity contribution in [3.8, 4) is 0 Å². The molecule has 3 nitrogen and oxygen atoms in total. The van der Waals surface area contributed by atoms with E-state index < -0.39 is 11.8 Å². The first-order valence-corrected chi connectivity index (χ1v) is 6.58. The van der Waals surface area contributed by atoms with E-state index in [1.165, 1.54) is 12.1 Å². The third kappa shape index (κ3) is 3.53. The zero-order valence-corrected chi connectivity index (χ0v) is 11.5. The van der Waals surface area contributed by atoms with Crippen LogP contribution in [0, 0.1) is 12.7 Å². The van der Waals surface area contributed by atoms with Gasteiger partial charge in [0, 0.05) is 12.8 Å². The fraction of sp³-hybridized carbons (Fsp3) is 0.533. The summed E-state index contributed by atoms with van der Waals surface area (Å²) in [5.74, 6) is -1.13. The lowest BCUT2D eigenvalue weighted by Gasteiger charge is -2.31. The van der Waals surface area contributed by atoms with Gasteiger partial charge in [0.05, 0.1) is 17.8 Å². The Kier molecular flexibility index (Phi) is 4.20. The molecule has 1 aliphatic heterocycles. The fourth-order valence-electron chi connectivity index (χ4n) is 2.45. The van der Waals surface area contributed by atoms with Crippen LogP contribution in [-0.2, 0) is 9.47 Å². The molecule has 2 unspecified atom stereocenters. The van der Waals surface area contributed by atoms with Crippen molar-refractivity contribution in [2.45, 2.75) is 51.9 Å². The van der Waals surface area contributed by atoms with Crippen LogP contribution in [0.15, 0.2) is 18.2 Å². The normalized spacial score (nSPS) is 27.1. The Balaban J connectivity index is 2.06. The van der Waals surface area contributed by atoms with Crippen LogP contribution >= 0.6 is 0 Å². The minimum Gasteiger partial charge on any atom is -0.459 e. The van der Waals surface area contributed by atoms with Gasteiger partial charge in [0.2, 0.25) is 0 Å². The zero-order chi connectivity index (χ0) is 14.0. The van der Waals surface area contributed by atoms with Crippen LogP contribution < -0.4 is 0 Å². The van der Waals surface area contributed by atoms with E-state index in [-0.39, 0.29) is 23.9 Å². The predicted molar refractivity (Wildman–Crippen MR) is 69.6 cm³/mol. The van der Waals surface area contributed by atoms with Gasteiger partial charge in [-0.05, 0) is 32.9 Å². The van der Waals surface area contributed by atoms with E-state index in [1.807, 2.05) is 20.8 Å². The number of ether oxygens (including phenoxy) is 2. The summed E-state index contributed by atoms with van der Waals surface area (Å²) in [6, 6.07) is 4.44. The van der Waals surface area contributed by atoms with Crippen molar-refractivity contribution in [1.82, 2.24) is 0 Å². The van der Waals surface area contributed by atoms with Gasteiger partial charge in [0.15, 0.2) is 0 Å². The number of halogens is 1. The molecule has 0 N–H and O–H groups in total. The van der Waals surface area contributed by atoms with Crippen molar-refractivity contribution >= 4 is 5.97 Å². The Morgan fingerprint density at radius 1 is 1.32 bits per heavy atom. The molecule has 0 radical (unpaired) electrons. The highest BCUT2D eigenvalue weighted by Gasteiger charge is 2.28. The van der Waals surface area contributed by atoms with Gasteiger partial charge in [-0.3, -0.25) is 0 Å². The first kappa shape index (κ1) is 14.0. The molecular formula is C15H19FO3. The molecule has 1 aromatic carbocycles. The number of hydrogen-bond donors (Lipinski definition) is 0. The predicted octanol–water partition coefficient (Wildman–Crippen LogP) is 3.25. The van der Waals surface area contributed by atoms with Crippen molar-refractivity contribution in [2.75, 3.05) is 0 Å². The Hall–Kier alpha value is -1.42. The summed E-state index contributed by atoms with van der Waals surface area (Å²) in [6.45, 7) is 5.71. The summed E-state index contributed by atoms with van der Waals surface area (Å²) in [4.78, 5) is 12.0. The van der Waals surface area contributed by atoms with Crippen LogP contribution in [-0.4, -0.2) is 24.3 Å².